The number of benzene rings is 2. The Morgan fingerprint density at radius 3 is 2.42 bits per heavy atom. The van der Waals surface area contributed by atoms with Crippen molar-refractivity contribution in [2.24, 2.45) is 0 Å². The molecule has 1 unspecified atom stereocenters. The van der Waals surface area contributed by atoms with Crippen molar-refractivity contribution in [2.45, 2.75) is 65.1 Å². The third-order valence-electron chi connectivity index (χ3n) is 6.23. The van der Waals surface area contributed by atoms with Crippen molar-refractivity contribution < 1.29 is 14.3 Å². The van der Waals surface area contributed by atoms with Crippen LogP contribution >= 0.6 is 0 Å². The minimum atomic E-state index is -0.507. The second-order valence-electron chi connectivity index (χ2n) is 10.2. The van der Waals surface area contributed by atoms with E-state index in [2.05, 4.69) is 5.32 Å². The number of ether oxygens (including phenoxy) is 2. The monoisotopic (exact) mass is 492 g/mol. The molecule has 192 valence electrons. The number of fused-ring (bicyclic) bond motifs is 1. The molecule has 8 heteroatoms. The largest absolute Gasteiger partial charge is 0.494 e. The Morgan fingerprint density at radius 1 is 1.11 bits per heavy atom. The maximum absolute atomic E-state index is 13.6. The molecule has 3 aromatic rings. The summed E-state index contributed by atoms with van der Waals surface area (Å²) in [5.41, 5.74) is 0.804. The highest BCUT2D eigenvalue weighted by molar-refractivity contribution is 5.78. The third-order valence-corrected chi connectivity index (χ3v) is 6.23. The predicted octanol–water partition coefficient (Wildman–Crippen LogP) is 4.83. The highest BCUT2D eigenvalue weighted by atomic mass is 16.6. The Balaban J connectivity index is 1.57. The number of nitrogens with zero attached hydrogens (tertiary/aromatic N) is 3. The lowest BCUT2D eigenvalue weighted by molar-refractivity contribution is 0.0196. The van der Waals surface area contributed by atoms with Crippen LogP contribution in [0.3, 0.4) is 0 Å². The number of carbonyl (C=O) groups excluding carboxylic acids is 1. The summed E-state index contributed by atoms with van der Waals surface area (Å²) < 4.78 is 12.8. The van der Waals surface area contributed by atoms with Crippen LogP contribution in [0.5, 0.6) is 5.75 Å². The Hall–Kier alpha value is -3.39. The number of piperidine rings is 1. The van der Waals surface area contributed by atoms with Crippen molar-refractivity contribution in [1.82, 2.24) is 19.8 Å². The molecule has 2 heterocycles. The van der Waals surface area contributed by atoms with Gasteiger partial charge in [0, 0.05) is 19.1 Å². The molecule has 1 aliphatic rings. The lowest BCUT2D eigenvalue weighted by Crippen LogP contribution is -2.47. The Labute approximate surface area is 212 Å². The summed E-state index contributed by atoms with van der Waals surface area (Å²) in [6.07, 6.45) is 1.32. The molecule has 1 N–H and O–H groups in total. The fourth-order valence-electron chi connectivity index (χ4n) is 4.53. The van der Waals surface area contributed by atoms with Crippen molar-refractivity contribution in [2.75, 3.05) is 19.7 Å². The van der Waals surface area contributed by atoms with Crippen molar-refractivity contribution in [3.63, 3.8) is 0 Å². The SMILES string of the molecule is CCOc1ccc(-n2c(C(C)NC3CCN(C(=O)OC(C)(C)C)CC3)nc3ccccc3c2=O)cc1. The predicted molar refractivity (Wildman–Crippen MR) is 141 cm³/mol. The third kappa shape index (κ3) is 5.87. The van der Waals surface area contributed by atoms with Gasteiger partial charge in [-0.05, 0) is 83.9 Å². The maximum Gasteiger partial charge on any atom is 0.410 e. The minimum Gasteiger partial charge on any atom is -0.494 e. The number of likely N-dealkylation sites (tertiary alicyclic amines) is 1. The molecule has 2 aromatic carbocycles. The van der Waals surface area contributed by atoms with Crippen molar-refractivity contribution >= 4 is 17.0 Å². The first kappa shape index (κ1) is 25.7. The summed E-state index contributed by atoms with van der Waals surface area (Å²) in [6, 6.07) is 14.9. The van der Waals surface area contributed by atoms with Crippen LogP contribution in [-0.4, -0.2) is 51.9 Å². The summed E-state index contributed by atoms with van der Waals surface area (Å²) in [4.78, 5) is 32.7. The van der Waals surface area contributed by atoms with E-state index in [-0.39, 0.29) is 23.7 Å². The van der Waals surface area contributed by atoms with E-state index in [1.54, 1.807) is 9.47 Å². The van der Waals surface area contributed by atoms with Gasteiger partial charge < -0.3 is 19.7 Å². The molecule has 1 fully saturated rings. The molecule has 1 amide bonds. The van der Waals surface area contributed by atoms with Gasteiger partial charge in [0.25, 0.3) is 5.56 Å². The second kappa shape index (κ2) is 10.7. The normalized spacial score (nSPS) is 15.6. The van der Waals surface area contributed by atoms with E-state index in [4.69, 9.17) is 14.5 Å². The highest BCUT2D eigenvalue weighted by Crippen LogP contribution is 2.23. The molecule has 4 rings (SSSR count). The van der Waals surface area contributed by atoms with E-state index in [0.29, 0.717) is 36.4 Å². The molecular formula is C28H36N4O4. The van der Waals surface area contributed by atoms with Crippen molar-refractivity contribution in [3.05, 3.63) is 64.7 Å². The summed E-state index contributed by atoms with van der Waals surface area (Å²) in [5, 5.41) is 4.23. The van der Waals surface area contributed by atoms with Crippen LogP contribution in [0, 0.1) is 0 Å². The molecule has 1 saturated heterocycles. The summed E-state index contributed by atoms with van der Waals surface area (Å²) in [5.74, 6) is 1.41. The van der Waals surface area contributed by atoms with Gasteiger partial charge in [0.05, 0.1) is 29.2 Å². The zero-order valence-corrected chi connectivity index (χ0v) is 21.8. The van der Waals surface area contributed by atoms with Gasteiger partial charge in [0.1, 0.15) is 17.2 Å². The molecule has 0 bridgehead atoms. The van der Waals surface area contributed by atoms with Gasteiger partial charge in [-0.15, -0.1) is 0 Å². The van der Waals surface area contributed by atoms with E-state index < -0.39 is 5.60 Å². The number of amides is 1. The first-order valence-corrected chi connectivity index (χ1v) is 12.6. The van der Waals surface area contributed by atoms with Gasteiger partial charge in [-0.2, -0.15) is 0 Å². The smallest absolute Gasteiger partial charge is 0.410 e. The van der Waals surface area contributed by atoms with E-state index in [1.165, 1.54) is 0 Å². The summed E-state index contributed by atoms with van der Waals surface area (Å²) in [6.45, 7) is 11.4. The fourth-order valence-corrected chi connectivity index (χ4v) is 4.53. The second-order valence-corrected chi connectivity index (χ2v) is 10.2. The number of rotatable bonds is 6. The average molecular weight is 493 g/mol. The van der Waals surface area contributed by atoms with E-state index >= 15 is 0 Å². The highest BCUT2D eigenvalue weighted by Gasteiger charge is 2.28. The van der Waals surface area contributed by atoms with E-state index in [9.17, 15) is 9.59 Å². The molecule has 0 radical (unpaired) electrons. The fraction of sp³-hybridized carbons (Fsp3) is 0.464. The number of nitrogens with one attached hydrogen (secondary N) is 1. The lowest BCUT2D eigenvalue weighted by Gasteiger charge is -2.35. The van der Waals surface area contributed by atoms with Gasteiger partial charge >= 0.3 is 6.09 Å². The first-order valence-electron chi connectivity index (χ1n) is 12.6. The Morgan fingerprint density at radius 2 is 1.78 bits per heavy atom. The van der Waals surface area contributed by atoms with Gasteiger partial charge in [-0.25, -0.2) is 9.78 Å². The minimum absolute atomic E-state index is 0.104. The molecule has 0 aliphatic carbocycles. The van der Waals surface area contributed by atoms with Gasteiger partial charge in [0.2, 0.25) is 0 Å². The molecule has 0 spiro atoms. The van der Waals surface area contributed by atoms with Crippen molar-refractivity contribution in [3.8, 4) is 11.4 Å². The Kier molecular flexibility index (Phi) is 7.64. The van der Waals surface area contributed by atoms with Crippen LogP contribution in [0.2, 0.25) is 0 Å². The quantitative estimate of drug-likeness (QED) is 0.530. The van der Waals surface area contributed by atoms with Crippen LogP contribution in [0.25, 0.3) is 16.6 Å². The standard InChI is InChI=1S/C28H36N4O4/c1-6-35-22-13-11-21(12-14-22)32-25(30-24-10-8-7-9-23(24)26(32)33)19(2)29-20-15-17-31(18-16-20)27(34)36-28(3,4)5/h7-14,19-20,29H,6,15-18H2,1-5H3. The number of para-hydroxylation sites is 1. The number of carbonyl (C=O) groups is 1. The Bertz CT molecular complexity index is 1260. The zero-order chi connectivity index (χ0) is 25.9. The molecule has 0 saturated carbocycles. The first-order chi connectivity index (χ1) is 17.2. The van der Waals surface area contributed by atoms with E-state index in [1.807, 2.05) is 83.1 Å². The molecule has 1 aromatic heterocycles. The molecule has 1 atom stereocenters. The van der Waals surface area contributed by atoms with Crippen LogP contribution in [0.1, 0.15) is 59.3 Å². The molecular weight excluding hydrogens is 456 g/mol. The van der Waals surface area contributed by atoms with E-state index in [0.717, 1.165) is 24.3 Å². The maximum atomic E-state index is 13.6. The number of aromatic nitrogens is 2. The van der Waals surface area contributed by atoms with Crippen LogP contribution in [-0.2, 0) is 4.74 Å². The van der Waals surface area contributed by atoms with Gasteiger partial charge in [-0.1, -0.05) is 12.1 Å². The molecule has 36 heavy (non-hydrogen) atoms. The summed E-state index contributed by atoms with van der Waals surface area (Å²) >= 11 is 0. The average Bonchev–Trinajstić information content (AvgIpc) is 2.84. The molecule has 1 aliphatic heterocycles. The topological polar surface area (TPSA) is 85.7 Å². The van der Waals surface area contributed by atoms with Crippen LogP contribution < -0.4 is 15.6 Å². The van der Waals surface area contributed by atoms with Crippen molar-refractivity contribution in [1.29, 1.82) is 0 Å². The lowest BCUT2D eigenvalue weighted by atomic mass is 10.0. The zero-order valence-electron chi connectivity index (χ0n) is 21.8. The molecule has 8 nitrogen and oxygen atoms in total. The number of hydrogen-bond acceptors (Lipinski definition) is 6. The van der Waals surface area contributed by atoms with Gasteiger partial charge in [0.15, 0.2) is 0 Å². The number of hydrogen-bond donors (Lipinski definition) is 1. The van der Waals surface area contributed by atoms with Crippen LogP contribution in [0.15, 0.2) is 53.3 Å². The van der Waals surface area contributed by atoms with Crippen LogP contribution in [0.4, 0.5) is 4.79 Å². The van der Waals surface area contributed by atoms with Gasteiger partial charge in [-0.3, -0.25) is 9.36 Å². The summed E-state index contributed by atoms with van der Waals surface area (Å²) in [7, 11) is 0.